The average molecular weight is 358 g/mol. The molecule has 0 spiro atoms. The van der Waals surface area contributed by atoms with E-state index in [2.05, 4.69) is 27.0 Å². The molecule has 1 saturated heterocycles. The van der Waals surface area contributed by atoms with Crippen LogP contribution in [-0.2, 0) is 9.53 Å². The van der Waals surface area contributed by atoms with E-state index in [1.165, 1.54) is 7.11 Å². The highest BCUT2D eigenvalue weighted by molar-refractivity contribution is 6.11. The molecular formula is C19H26N4O3. The predicted molar refractivity (Wildman–Crippen MR) is 102 cm³/mol. The molecule has 1 aliphatic rings. The third-order valence-corrected chi connectivity index (χ3v) is 4.89. The third kappa shape index (κ3) is 3.89. The van der Waals surface area contributed by atoms with Crippen molar-refractivity contribution in [3.8, 4) is 0 Å². The molecule has 2 aromatic rings. The number of nitrogens with one attached hydrogen (secondary N) is 2. The van der Waals surface area contributed by atoms with Gasteiger partial charge in [-0.1, -0.05) is 18.6 Å². The van der Waals surface area contributed by atoms with E-state index in [0.717, 1.165) is 49.2 Å². The number of hydrogen-bond donors (Lipinski definition) is 2. The van der Waals surface area contributed by atoms with Crippen molar-refractivity contribution in [3.05, 3.63) is 29.5 Å². The van der Waals surface area contributed by atoms with E-state index in [4.69, 9.17) is 4.74 Å². The van der Waals surface area contributed by atoms with Crippen molar-refractivity contribution in [3.63, 3.8) is 0 Å². The quantitative estimate of drug-likeness (QED) is 0.798. The molecule has 26 heavy (non-hydrogen) atoms. The van der Waals surface area contributed by atoms with Crippen molar-refractivity contribution in [2.45, 2.75) is 13.8 Å². The van der Waals surface area contributed by atoms with Crippen LogP contribution in [0.25, 0.3) is 10.9 Å². The Bertz CT molecular complexity index is 806. The fourth-order valence-corrected chi connectivity index (χ4v) is 3.34. The second-order valence-electron chi connectivity index (χ2n) is 6.67. The van der Waals surface area contributed by atoms with Crippen LogP contribution in [0, 0.1) is 6.92 Å². The number of aromatic amines is 1. The van der Waals surface area contributed by atoms with Crippen molar-refractivity contribution in [1.29, 1.82) is 0 Å². The lowest BCUT2D eigenvalue weighted by Gasteiger charge is -2.33. The summed E-state index contributed by atoms with van der Waals surface area (Å²) in [6.45, 7) is 9.18. The number of nitrogens with zero attached hydrogens (tertiary/aromatic N) is 2. The number of piperazine rings is 1. The molecule has 2 heterocycles. The first-order valence-corrected chi connectivity index (χ1v) is 8.97. The van der Waals surface area contributed by atoms with Gasteiger partial charge in [0.2, 0.25) is 5.91 Å². The van der Waals surface area contributed by atoms with Gasteiger partial charge in [0, 0.05) is 37.1 Å². The summed E-state index contributed by atoms with van der Waals surface area (Å²) in [5.74, 6) is -0.617. The van der Waals surface area contributed by atoms with Crippen LogP contribution in [0.1, 0.15) is 23.0 Å². The number of methoxy groups -OCH3 is 1. The van der Waals surface area contributed by atoms with Crippen LogP contribution in [0.5, 0.6) is 0 Å². The molecule has 140 valence electrons. The van der Waals surface area contributed by atoms with E-state index in [-0.39, 0.29) is 11.6 Å². The highest BCUT2D eigenvalue weighted by atomic mass is 16.5. The number of H-pyrrole nitrogens is 1. The molecule has 7 nitrogen and oxygen atoms in total. The number of likely N-dealkylation sites (N-methyl/N-ethyl adjacent to an activating group) is 1. The van der Waals surface area contributed by atoms with Gasteiger partial charge in [-0.25, -0.2) is 4.79 Å². The summed E-state index contributed by atoms with van der Waals surface area (Å²) in [6.07, 6.45) is 0. The largest absolute Gasteiger partial charge is 0.464 e. The lowest BCUT2D eigenvalue weighted by atomic mass is 10.1. The highest BCUT2D eigenvalue weighted by Crippen LogP contribution is 2.29. The number of anilines is 1. The molecule has 2 N–H and O–H groups in total. The van der Waals surface area contributed by atoms with Crippen LogP contribution in [0.3, 0.4) is 0 Å². The summed E-state index contributed by atoms with van der Waals surface area (Å²) in [5.41, 5.74) is 2.62. The monoisotopic (exact) mass is 358 g/mol. The SMILES string of the molecule is CCN1CCN(CC(=O)Nc2c(C(=O)OC)[nH]c3ccc(C)cc23)CC1. The lowest BCUT2D eigenvalue weighted by Crippen LogP contribution is -2.48. The van der Waals surface area contributed by atoms with E-state index in [9.17, 15) is 9.59 Å². The molecule has 1 amide bonds. The van der Waals surface area contributed by atoms with Crippen molar-refractivity contribution < 1.29 is 14.3 Å². The molecule has 1 aromatic carbocycles. The van der Waals surface area contributed by atoms with Crippen molar-refractivity contribution >= 4 is 28.5 Å². The van der Waals surface area contributed by atoms with E-state index in [1.54, 1.807) is 0 Å². The number of aryl methyl sites for hydroxylation is 1. The molecule has 1 aliphatic heterocycles. The highest BCUT2D eigenvalue weighted by Gasteiger charge is 2.22. The van der Waals surface area contributed by atoms with Gasteiger partial charge in [0.25, 0.3) is 0 Å². The normalized spacial score (nSPS) is 16.0. The first-order valence-electron chi connectivity index (χ1n) is 8.97. The average Bonchev–Trinajstić information content (AvgIpc) is 2.99. The fourth-order valence-electron chi connectivity index (χ4n) is 3.34. The number of hydrogen-bond acceptors (Lipinski definition) is 5. The molecule has 0 aliphatic carbocycles. The molecule has 0 radical (unpaired) electrons. The molecule has 0 unspecified atom stereocenters. The summed E-state index contributed by atoms with van der Waals surface area (Å²) in [4.78, 5) is 32.3. The van der Waals surface area contributed by atoms with Gasteiger partial charge in [0.1, 0.15) is 5.69 Å². The Hall–Kier alpha value is -2.38. The Balaban J connectivity index is 1.77. The molecule has 7 heteroatoms. The summed E-state index contributed by atoms with van der Waals surface area (Å²) >= 11 is 0. The van der Waals surface area contributed by atoms with E-state index in [1.807, 2.05) is 25.1 Å². The first kappa shape index (κ1) is 18.4. The van der Waals surface area contributed by atoms with E-state index in [0.29, 0.717) is 12.2 Å². The molecule has 1 fully saturated rings. The maximum Gasteiger partial charge on any atom is 0.356 e. The maximum atomic E-state index is 12.6. The van der Waals surface area contributed by atoms with Crippen molar-refractivity contribution in [2.24, 2.45) is 0 Å². The standard InChI is InChI=1S/C19H26N4O3/c1-4-22-7-9-23(10-8-22)12-16(24)21-17-14-11-13(2)5-6-15(14)20-18(17)19(25)26-3/h5-6,11,20H,4,7-10,12H2,1-3H3,(H,21,24). The number of carbonyl (C=O) groups excluding carboxylic acids is 2. The zero-order valence-electron chi connectivity index (χ0n) is 15.6. The Morgan fingerprint density at radius 1 is 1.19 bits per heavy atom. The van der Waals surface area contributed by atoms with Gasteiger partial charge in [-0.3, -0.25) is 9.69 Å². The molecule has 0 atom stereocenters. The van der Waals surface area contributed by atoms with Crippen molar-refractivity contribution in [1.82, 2.24) is 14.8 Å². The minimum absolute atomic E-state index is 0.123. The molecule has 0 bridgehead atoms. The molecule has 3 rings (SSSR count). The first-order chi connectivity index (χ1) is 12.5. The van der Waals surface area contributed by atoms with E-state index >= 15 is 0 Å². The minimum atomic E-state index is -0.495. The summed E-state index contributed by atoms with van der Waals surface area (Å²) < 4.78 is 4.85. The smallest absolute Gasteiger partial charge is 0.356 e. The zero-order chi connectivity index (χ0) is 18.7. The lowest BCUT2D eigenvalue weighted by molar-refractivity contribution is -0.117. The van der Waals surface area contributed by atoms with Gasteiger partial charge in [0.05, 0.1) is 19.3 Å². The predicted octanol–water partition coefficient (Wildman–Crippen LogP) is 1.84. The Morgan fingerprint density at radius 3 is 2.54 bits per heavy atom. The van der Waals surface area contributed by atoms with Gasteiger partial charge in [-0.05, 0) is 25.6 Å². The molecule has 1 aromatic heterocycles. The number of amides is 1. The Labute approximate surface area is 153 Å². The zero-order valence-corrected chi connectivity index (χ0v) is 15.6. The molecular weight excluding hydrogens is 332 g/mol. The Morgan fingerprint density at radius 2 is 1.88 bits per heavy atom. The number of ether oxygens (including phenoxy) is 1. The summed E-state index contributed by atoms with van der Waals surface area (Å²) in [7, 11) is 1.33. The minimum Gasteiger partial charge on any atom is -0.464 e. The van der Waals surface area contributed by atoms with Gasteiger partial charge < -0.3 is 19.9 Å². The summed E-state index contributed by atoms with van der Waals surface area (Å²) in [5, 5.41) is 3.74. The second kappa shape index (κ2) is 7.88. The van der Waals surface area contributed by atoms with Gasteiger partial charge in [-0.2, -0.15) is 0 Å². The van der Waals surface area contributed by atoms with Crippen LogP contribution < -0.4 is 5.32 Å². The fraction of sp³-hybridized carbons (Fsp3) is 0.474. The van der Waals surface area contributed by atoms with Crippen LogP contribution in [0.4, 0.5) is 5.69 Å². The van der Waals surface area contributed by atoms with Crippen LogP contribution in [-0.4, -0.2) is 73.0 Å². The molecule has 0 saturated carbocycles. The number of benzene rings is 1. The van der Waals surface area contributed by atoms with Crippen LogP contribution in [0.15, 0.2) is 18.2 Å². The topological polar surface area (TPSA) is 77.7 Å². The van der Waals surface area contributed by atoms with Gasteiger partial charge in [0.15, 0.2) is 0 Å². The van der Waals surface area contributed by atoms with Gasteiger partial charge in [-0.15, -0.1) is 0 Å². The third-order valence-electron chi connectivity index (χ3n) is 4.89. The van der Waals surface area contributed by atoms with E-state index < -0.39 is 5.97 Å². The number of rotatable bonds is 5. The van der Waals surface area contributed by atoms with Crippen molar-refractivity contribution in [2.75, 3.05) is 51.7 Å². The van der Waals surface area contributed by atoms with Crippen LogP contribution in [0.2, 0.25) is 0 Å². The van der Waals surface area contributed by atoms with Crippen LogP contribution >= 0.6 is 0 Å². The number of aromatic nitrogens is 1. The van der Waals surface area contributed by atoms with Gasteiger partial charge >= 0.3 is 5.97 Å². The summed E-state index contributed by atoms with van der Waals surface area (Å²) in [6, 6.07) is 5.81. The second-order valence-corrected chi connectivity index (χ2v) is 6.67. The number of carbonyl (C=O) groups is 2. The Kier molecular flexibility index (Phi) is 5.58. The maximum absolute atomic E-state index is 12.6. The number of esters is 1. The number of fused-ring (bicyclic) bond motifs is 1.